The minimum absolute atomic E-state index is 0.0454. The van der Waals surface area contributed by atoms with Crippen molar-refractivity contribution in [3.63, 3.8) is 0 Å². The lowest BCUT2D eigenvalue weighted by atomic mass is 10.2. The quantitative estimate of drug-likeness (QED) is 0.661. The first-order valence-corrected chi connectivity index (χ1v) is 6.88. The Morgan fingerprint density at radius 2 is 1.87 bits per heavy atom. The molecule has 0 radical (unpaired) electrons. The summed E-state index contributed by atoms with van der Waals surface area (Å²) in [6.07, 6.45) is 0. The van der Waals surface area contributed by atoms with E-state index in [1.165, 1.54) is 13.2 Å². The molecule has 2 aromatic carbocycles. The maximum atomic E-state index is 12.1. The molecule has 0 aromatic heterocycles. The van der Waals surface area contributed by atoms with Gasteiger partial charge in [0.2, 0.25) is 0 Å². The molecule has 0 saturated heterocycles. The lowest BCUT2D eigenvalue weighted by Crippen LogP contribution is -2.20. The fourth-order valence-electron chi connectivity index (χ4n) is 2.09. The summed E-state index contributed by atoms with van der Waals surface area (Å²) in [4.78, 5) is 22.5. The van der Waals surface area contributed by atoms with Crippen molar-refractivity contribution in [1.82, 2.24) is 0 Å². The molecule has 2 rings (SSSR count). The number of aryl methyl sites for hydroxylation is 2. The van der Waals surface area contributed by atoms with Crippen LogP contribution in [0.5, 0.6) is 5.75 Å². The maximum Gasteiger partial charge on any atom is 0.323 e. The fourth-order valence-corrected chi connectivity index (χ4v) is 2.09. The number of nitro benzene ring substituents is 1. The molecule has 0 atom stereocenters. The smallest absolute Gasteiger partial charge is 0.323 e. The second-order valence-electron chi connectivity index (χ2n) is 5.04. The van der Waals surface area contributed by atoms with E-state index in [9.17, 15) is 14.9 Å². The van der Waals surface area contributed by atoms with Gasteiger partial charge < -0.3 is 15.4 Å². The monoisotopic (exact) mass is 315 g/mol. The molecular formula is C16H17N3O4. The number of rotatable bonds is 4. The summed E-state index contributed by atoms with van der Waals surface area (Å²) in [5.41, 5.74) is 2.31. The number of anilines is 2. The van der Waals surface area contributed by atoms with Crippen LogP contribution in [0, 0.1) is 24.0 Å². The highest BCUT2D eigenvalue weighted by molar-refractivity contribution is 6.00. The van der Waals surface area contributed by atoms with Gasteiger partial charge in [-0.3, -0.25) is 10.1 Å². The number of urea groups is 1. The predicted molar refractivity (Wildman–Crippen MR) is 88.2 cm³/mol. The molecule has 7 nitrogen and oxygen atoms in total. The van der Waals surface area contributed by atoms with Crippen LogP contribution in [0.3, 0.4) is 0 Å². The highest BCUT2D eigenvalue weighted by atomic mass is 16.6. The van der Waals surface area contributed by atoms with Crippen molar-refractivity contribution in [2.24, 2.45) is 0 Å². The maximum absolute atomic E-state index is 12.1. The van der Waals surface area contributed by atoms with Crippen molar-refractivity contribution in [2.45, 2.75) is 13.8 Å². The van der Waals surface area contributed by atoms with Crippen LogP contribution in [0.4, 0.5) is 21.9 Å². The third kappa shape index (κ3) is 3.97. The van der Waals surface area contributed by atoms with E-state index >= 15 is 0 Å². The Bertz CT molecular complexity index is 759. The first kappa shape index (κ1) is 16.3. The zero-order valence-corrected chi connectivity index (χ0v) is 13.0. The molecule has 0 heterocycles. The van der Waals surface area contributed by atoms with Gasteiger partial charge in [0.05, 0.1) is 17.7 Å². The van der Waals surface area contributed by atoms with E-state index in [0.29, 0.717) is 22.7 Å². The van der Waals surface area contributed by atoms with Gasteiger partial charge in [0, 0.05) is 17.3 Å². The third-order valence-electron chi connectivity index (χ3n) is 3.27. The fraction of sp³-hybridized carbons (Fsp3) is 0.188. The lowest BCUT2D eigenvalue weighted by Gasteiger charge is -2.12. The second-order valence-corrected chi connectivity index (χ2v) is 5.04. The number of carbonyl (C=O) groups is 1. The third-order valence-corrected chi connectivity index (χ3v) is 3.27. The van der Waals surface area contributed by atoms with Crippen molar-refractivity contribution in [2.75, 3.05) is 17.7 Å². The van der Waals surface area contributed by atoms with E-state index in [0.717, 1.165) is 5.56 Å². The van der Waals surface area contributed by atoms with Crippen molar-refractivity contribution < 1.29 is 14.5 Å². The van der Waals surface area contributed by atoms with Crippen LogP contribution in [0.2, 0.25) is 0 Å². The average molecular weight is 315 g/mol. The Labute approximate surface area is 133 Å². The number of nitrogens with zero attached hydrogens (tertiary/aromatic N) is 1. The van der Waals surface area contributed by atoms with Crippen molar-refractivity contribution >= 4 is 23.1 Å². The zero-order chi connectivity index (χ0) is 17.0. The van der Waals surface area contributed by atoms with Crippen LogP contribution in [0.15, 0.2) is 36.4 Å². The van der Waals surface area contributed by atoms with Crippen molar-refractivity contribution in [3.8, 4) is 5.75 Å². The van der Waals surface area contributed by atoms with E-state index < -0.39 is 11.0 Å². The minimum atomic E-state index is -0.507. The number of benzene rings is 2. The number of hydrogen-bond donors (Lipinski definition) is 2. The molecule has 0 bridgehead atoms. The number of ether oxygens (including phenoxy) is 1. The molecule has 2 amide bonds. The number of nitrogens with one attached hydrogen (secondary N) is 2. The van der Waals surface area contributed by atoms with Gasteiger partial charge in [0.15, 0.2) is 0 Å². The molecule has 0 spiro atoms. The molecule has 7 heteroatoms. The van der Waals surface area contributed by atoms with Gasteiger partial charge in [0.25, 0.3) is 5.69 Å². The summed E-state index contributed by atoms with van der Waals surface area (Å²) in [7, 11) is 1.51. The van der Waals surface area contributed by atoms with E-state index in [4.69, 9.17) is 4.74 Å². The Balaban J connectivity index is 2.16. The number of nitro groups is 1. The summed E-state index contributed by atoms with van der Waals surface area (Å²) in [6.45, 7) is 3.53. The van der Waals surface area contributed by atoms with Gasteiger partial charge in [0.1, 0.15) is 5.75 Å². The van der Waals surface area contributed by atoms with E-state index in [1.54, 1.807) is 31.2 Å². The molecule has 0 aliphatic heterocycles. The molecule has 0 aliphatic carbocycles. The lowest BCUT2D eigenvalue weighted by molar-refractivity contribution is -0.385. The standard InChI is InChI=1S/C16H17N3O4/c1-10-4-7-15(23-3)13(8-10)18-16(20)17-12-6-5-11(2)14(9-12)19(21)22/h4-9H,1-3H3,(H2,17,18,20). The van der Waals surface area contributed by atoms with E-state index in [-0.39, 0.29) is 5.69 Å². The van der Waals surface area contributed by atoms with Crippen LogP contribution in [0.1, 0.15) is 11.1 Å². The molecule has 0 saturated carbocycles. The Morgan fingerprint density at radius 3 is 2.52 bits per heavy atom. The number of amides is 2. The van der Waals surface area contributed by atoms with Gasteiger partial charge >= 0.3 is 6.03 Å². The molecule has 2 N–H and O–H groups in total. The summed E-state index contributed by atoms with van der Waals surface area (Å²) in [5, 5.41) is 16.2. The average Bonchev–Trinajstić information content (AvgIpc) is 2.49. The number of carbonyl (C=O) groups excluding carboxylic acids is 1. The largest absolute Gasteiger partial charge is 0.495 e. The summed E-state index contributed by atoms with van der Waals surface area (Å²) < 4.78 is 5.19. The van der Waals surface area contributed by atoms with Gasteiger partial charge in [-0.25, -0.2) is 4.79 Å². The Morgan fingerprint density at radius 1 is 1.13 bits per heavy atom. The molecular weight excluding hydrogens is 298 g/mol. The first-order valence-electron chi connectivity index (χ1n) is 6.88. The van der Waals surface area contributed by atoms with Gasteiger partial charge in [-0.2, -0.15) is 0 Å². The van der Waals surface area contributed by atoms with Crippen LogP contribution >= 0.6 is 0 Å². The topological polar surface area (TPSA) is 93.5 Å². The van der Waals surface area contributed by atoms with Crippen LogP contribution in [0.25, 0.3) is 0 Å². The molecule has 0 unspecified atom stereocenters. The van der Waals surface area contributed by atoms with Gasteiger partial charge in [-0.1, -0.05) is 12.1 Å². The number of hydrogen-bond acceptors (Lipinski definition) is 4. The first-order chi connectivity index (χ1) is 10.9. The molecule has 2 aromatic rings. The second kappa shape index (κ2) is 6.78. The summed E-state index contributed by atoms with van der Waals surface area (Å²) >= 11 is 0. The van der Waals surface area contributed by atoms with E-state index in [2.05, 4.69) is 10.6 Å². The summed E-state index contributed by atoms with van der Waals surface area (Å²) in [6, 6.07) is 9.40. The Kier molecular flexibility index (Phi) is 4.80. The summed E-state index contributed by atoms with van der Waals surface area (Å²) in [5.74, 6) is 0.528. The zero-order valence-electron chi connectivity index (χ0n) is 13.0. The van der Waals surface area contributed by atoms with Crippen LogP contribution in [-0.4, -0.2) is 18.1 Å². The molecule has 0 fully saturated rings. The van der Waals surface area contributed by atoms with Gasteiger partial charge in [-0.05, 0) is 37.6 Å². The van der Waals surface area contributed by atoms with E-state index in [1.807, 2.05) is 13.0 Å². The minimum Gasteiger partial charge on any atom is -0.495 e. The molecule has 0 aliphatic rings. The molecule has 23 heavy (non-hydrogen) atoms. The number of methoxy groups -OCH3 is 1. The van der Waals surface area contributed by atoms with Crippen molar-refractivity contribution in [1.29, 1.82) is 0 Å². The van der Waals surface area contributed by atoms with Gasteiger partial charge in [-0.15, -0.1) is 0 Å². The van der Waals surface area contributed by atoms with Crippen LogP contribution in [-0.2, 0) is 0 Å². The van der Waals surface area contributed by atoms with Crippen LogP contribution < -0.4 is 15.4 Å². The highest BCUT2D eigenvalue weighted by Crippen LogP contribution is 2.26. The molecule has 120 valence electrons. The highest BCUT2D eigenvalue weighted by Gasteiger charge is 2.13. The predicted octanol–water partition coefficient (Wildman–Crippen LogP) is 3.86. The Hall–Kier alpha value is -3.09. The normalized spacial score (nSPS) is 10.0. The SMILES string of the molecule is COc1ccc(C)cc1NC(=O)Nc1ccc(C)c([N+](=O)[O-])c1. The van der Waals surface area contributed by atoms with Crippen molar-refractivity contribution in [3.05, 3.63) is 57.6 Å².